The topological polar surface area (TPSA) is 39.8 Å². The maximum absolute atomic E-state index is 11.6. The Morgan fingerprint density at radius 2 is 2.23 bits per heavy atom. The third-order valence-corrected chi connectivity index (χ3v) is 3.39. The summed E-state index contributed by atoms with van der Waals surface area (Å²) in [5.74, 6) is 0. The van der Waals surface area contributed by atoms with Crippen LogP contribution >= 0.6 is 23.6 Å². The number of fused-ring (bicyclic) bond motifs is 1. The average Bonchev–Trinajstić information content (AvgIpc) is 2.38. The predicted octanol–water partition coefficient (Wildman–Crippen LogP) is 1.06. The summed E-state index contributed by atoms with van der Waals surface area (Å²) in [5.41, 5.74) is 0.625. The van der Waals surface area contributed by atoms with Crippen molar-refractivity contribution in [1.29, 1.82) is 0 Å². The monoisotopic (exact) mass is 213 g/mol. The first-order valence-electron chi connectivity index (χ1n) is 3.62. The second-order valence-electron chi connectivity index (χ2n) is 2.74. The van der Waals surface area contributed by atoms with Gasteiger partial charge in [-0.15, -0.1) is 0 Å². The van der Waals surface area contributed by atoms with Crippen molar-refractivity contribution in [2.45, 2.75) is 0 Å². The molecule has 2 heterocycles. The van der Waals surface area contributed by atoms with Gasteiger partial charge in [0.1, 0.15) is 4.70 Å². The highest BCUT2D eigenvalue weighted by atomic mass is 32.1. The van der Waals surface area contributed by atoms with Crippen LogP contribution in [0.4, 0.5) is 0 Å². The molecule has 0 saturated carbocycles. The van der Waals surface area contributed by atoms with Gasteiger partial charge < -0.3 is 9.13 Å². The highest BCUT2D eigenvalue weighted by Gasteiger charge is 2.07. The number of thiazole rings is 1. The van der Waals surface area contributed by atoms with Crippen molar-refractivity contribution in [2.75, 3.05) is 0 Å². The predicted molar refractivity (Wildman–Crippen MR) is 54.7 cm³/mol. The quantitative estimate of drug-likeness (QED) is 0.614. The Bertz CT molecular complexity index is 577. The first kappa shape index (κ1) is 8.58. The molecule has 0 saturated heterocycles. The minimum atomic E-state index is -0.0401. The van der Waals surface area contributed by atoms with E-state index in [0.29, 0.717) is 14.3 Å². The number of aryl methyl sites for hydroxylation is 2. The van der Waals surface area contributed by atoms with Gasteiger partial charge in [-0.05, 0) is 12.2 Å². The van der Waals surface area contributed by atoms with E-state index in [4.69, 9.17) is 12.2 Å². The van der Waals surface area contributed by atoms with Crippen LogP contribution in [0, 0.1) is 3.95 Å². The molecule has 0 fully saturated rings. The van der Waals surface area contributed by atoms with Gasteiger partial charge in [0.05, 0.1) is 6.33 Å². The Morgan fingerprint density at radius 1 is 1.54 bits per heavy atom. The van der Waals surface area contributed by atoms with Gasteiger partial charge in [-0.3, -0.25) is 4.79 Å². The van der Waals surface area contributed by atoms with E-state index >= 15 is 0 Å². The first-order valence-corrected chi connectivity index (χ1v) is 4.85. The van der Waals surface area contributed by atoms with E-state index in [-0.39, 0.29) is 5.56 Å². The van der Waals surface area contributed by atoms with Gasteiger partial charge in [-0.2, -0.15) is 0 Å². The molecule has 2 rings (SSSR count). The SMILES string of the molecule is Cn1cnc2c(sc(=S)n2C)c1=O. The number of rotatable bonds is 0. The van der Waals surface area contributed by atoms with Crippen LogP contribution in [0.5, 0.6) is 0 Å². The molecular formula is C7H7N3OS2. The fraction of sp³-hybridized carbons (Fsp3) is 0.286. The largest absolute Gasteiger partial charge is 0.311 e. The Labute approximate surface area is 83.1 Å². The number of hydrogen-bond donors (Lipinski definition) is 0. The number of nitrogens with zero attached hydrogens (tertiary/aromatic N) is 3. The normalized spacial score (nSPS) is 10.9. The van der Waals surface area contributed by atoms with Crippen molar-refractivity contribution in [3.05, 3.63) is 20.6 Å². The summed E-state index contributed by atoms with van der Waals surface area (Å²) < 4.78 is 4.49. The third-order valence-electron chi connectivity index (χ3n) is 1.85. The van der Waals surface area contributed by atoms with Gasteiger partial charge >= 0.3 is 0 Å². The van der Waals surface area contributed by atoms with E-state index in [9.17, 15) is 4.79 Å². The van der Waals surface area contributed by atoms with Crippen LogP contribution in [0.1, 0.15) is 0 Å². The van der Waals surface area contributed by atoms with Gasteiger partial charge in [-0.1, -0.05) is 11.3 Å². The zero-order chi connectivity index (χ0) is 9.59. The van der Waals surface area contributed by atoms with Crippen LogP contribution in [0.3, 0.4) is 0 Å². The lowest BCUT2D eigenvalue weighted by atomic mass is 10.6. The smallest absolute Gasteiger partial charge is 0.272 e. The highest BCUT2D eigenvalue weighted by molar-refractivity contribution is 7.73. The van der Waals surface area contributed by atoms with Gasteiger partial charge in [0.15, 0.2) is 9.60 Å². The number of hydrogen-bond acceptors (Lipinski definition) is 4. The molecule has 0 aliphatic carbocycles. The Kier molecular flexibility index (Phi) is 1.81. The summed E-state index contributed by atoms with van der Waals surface area (Å²) >= 11 is 6.35. The number of aromatic nitrogens is 3. The lowest BCUT2D eigenvalue weighted by Crippen LogP contribution is -2.16. The van der Waals surface area contributed by atoms with Crippen molar-refractivity contribution in [2.24, 2.45) is 14.1 Å². The standard InChI is InChI=1S/C7H7N3OS2/c1-9-3-8-5-4(6(9)11)13-7(12)10(5)2/h3H,1-2H3. The van der Waals surface area contributed by atoms with E-state index in [1.807, 2.05) is 7.05 Å². The second-order valence-corrected chi connectivity index (χ2v) is 4.38. The molecular weight excluding hydrogens is 206 g/mol. The maximum atomic E-state index is 11.6. The fourth-order valence-corrected chi connectivity index (χ4v) is 2.33. The molecule has 0 unspecified atom stereocenters. The molecule has 6 heteroatoms. The zero-order valence-corrected chi connectivity index (χ0v) is 8.78. The minimum absolute atomic E-state index is 0.0401. The minimum Gasteiger partial charge on any atom is -0.311 e. The van der Waals surface area contributed by atoms with Gasteiger partial charge in [0.2, 0.25) is 0 Å². The van der Waals surface area contributed by atoms with Crippen LogP contribution in [0.15, 0.2) is 11.1 Å². The van der Waals surface area contributed by atoms with E-state index in [1.54, 1.807) is 11.6 Å². The van der Waals surface area contributed by atoms with Gasteiger partial charge in [0.25, 0.3) is 5.56 Å². The van der Waals surface area contributed by atoms with Crippen molar-refractivity contribution in [1.82, 2.24) is 14.1 Å². The van der Waals surface area contributed by atoms with E-state index in [2.05, 4.69) is 4.98 Å². The zero-order valence-electron chi connectivity index (χ0n) is 7.14. The van der Waals surface area contributed by atoms with Gasteiger partial charge in [-0.25, -0.2) is 4.98 Å². The summed E-state index contributed by atoms with van der Waals surface area (Å²) in [6.07, 6.45) is 1.51. The molecule has 0 spiro atoms. The van der Waals surface area contributed by atoms with Crippen molar-refractivity contribution < 1.29 is 0 Å². The molecule has 0 aliphatic rings. The van der Waals surface area contributed by atoms with Crippen LogP contribution in [0.25, 0.3) is 10.3 Å². The first-order chi connectivity index (χ1) is 6.11. The Hall–Kier alpha value is -1.01. The Morgan fingerprint density at radius 3 is 2.92 bits per heavy atom. The molecule has 0 aliphatic heterocycles. The molecule has 0 aromatic carbocycles. The van der Waals surface area contributed by atoms with Crippen LogP contribution in [-0.2, 0) is 14.1 Å². The summed E-state index contributed by atoms with van der Waals surface area (Å²) in [6.45, 7) is 0. The summed E-state index contributed by atoms with van der Waals surface area (Å²) in [6, 6.07) is 0. The molecule has 0 amide bonds. The molecule has 13 heavy (non-hydrogen) atoms. The van der Waals surface area contributed by atoms with Gasteiger partial charge in [0, 0.05) is 14.1 Å². The highest BCUT2D eigenvalue weighted by Crippen LogP contribution is 2.15. The van der Waals surface area contributed by atoms with E-state index in [1.165, 1.54) is 22.2 Å². The lowest BCUT2D eigenvalue weighted by molar-refractivity contribution is 0.831. The van der Waals surface area contributed by atoms with E-state index < -0.39 is 0 Å². The lowest BCUT2D eigenvalue weighted by Gasteiger charge is -1.95. The van der Waals surface area contributed by atoms with Crippen molar-refractivity contribution in [3.63, 3.8) is 0 Å². The summed E-state index contributed by atoms with van der Waals surface area (Å²) in [5, 5.41) is 0. The molecule has 68 valence electrons. The fourth-order valence-electron chi connectivity index (χ4n) is 1.08. The van der Waals surface area contributed by atoms with Crippen LogP contribution in [-0.4, -0.2) is 14.1 Å². The summed E-state index contributed by atoms with van der Waals surface area (Å²) in [7, 11) is 3.49. The van der Waals surface area contributed by atoms with Crippen LogP contribution < -0.4 is 5.56 Å². The van der Waals surface area contributed by atoms with Crippen molar-refractivity contribution >= 4 is 33.9 Å². The molecule has 2 aromatic rings. The van der Waals surface area contributed by atoms with Crippen molar-refractivity contribution in [3.8, 4) is 0 Å². The van der Waals surface area contributed by atoms with Crippen LogP contribution in [0.2, 0.25) is 0 Å². The molecule has 0 atom stereocenters. The molecule has 0 bridgehead atoms. The average molecular weight is 213 g/mol. The molecule has 4 nitrogen and oxygen atoms in total. The second kappa shape index (κ2) is 2.74. The summed E-state index contributed by atoms with van der Waals surface area (Å²) in [4.78, 5) is 15.7. The molecule has 2 aromatic heterocycles. The maximum Gasteiger partial charge on any atom is 0.272 e. The Balaban J connectivity index is 3.12. The molecule has 0 radical (unpaired) electrons. The van der Waals surface area contributed by atoms with E-state index in [0.717, 1.165) is 0 Å². The molecule has 0 N–H and O–H groups in total. The third kappa shape index (κ3) is 1.13.